The molecule has 4 aromatic carbocycles. The van der Waals surface area contributed by atoms with Crippen LogP contribution in [0.25, 0.3) is 6.08 Å². The number of benzene rings is 4. The molecule has 0 saturated heterocycles. The number of allylic oxidation sites excluding steroid dienone is 7. The molecule has 0 unspecified atom stereocenters. The van der Waals surface area contributed by atoms with Crippen LogP contribution in [-0.2, 0) is 44.8 Å². The predicted octanol–water partition coefficient (Wildman–Crippen LogP) is 24.2. The summed E-state index contributed by atoms with van der Waals surface area (Å²) in [4.78, 5) is 68.9. The standard InChI is InChI=1S/C14H22.C10H15NO2.2C10H6O2.C10H14.C9H14.C8H14N2O.2C5H12.4C2H6/c1-5-13-8-7-12(9-11(3)4)10-14(13)6-2;1-6(2)5-11-9(12)7(3)8(4)10(11)13;11-9-5-6-10(12)8-4-2-1-3-7(8)9;11-9-6-5-7-3-1-2-4-8(7)10(9)12;1-9(2)8-10-6-4-3-5-7-10;1-8(2)7-9-5-3-4-6-9;1-6(2)5-10-8(4)11-7(3)9-10;2*1-4-5(2)3;4*1-2/h7-8,10-11H,5-6,9H2,1-4H3;6H,5H2,1-4H3;2*1-6H;3-7,9H,8H2,1-2H3;3-5,8H,6-7H2,1-2H3;6H,4-5H2,1-3H3;2*5H,4H2,1-3H3;4*1-2H3. The molecule has 2 aliphatic heterocycles. The van der Waals surface area contributed by atoms with Crippen LogP contribution < -0.4 is 0 Å². The van der Waals surface area contributed by atoms with Crippen LogP contribution in [0.15, 0.2) is 168 Å². The van der Waals surface area contributed by atoms with Gasteiger partial charge in [-0.3, -0.25) is 33.7 Å². The minimum Gasteiger partial charge on any atom is -0.424 e. The molecule has 0 bridgehead atoms. The molecule has 99 heavy (non-hydrogen) atoms. The van der Waals surface area contributed by atoms with E-state index in [1.807, 2.05) is 88.3 Å². The second-order valence-corrected chi connectivity index (χ2v) is 26.3. The predicted molar refractivity (Wildman–Crippen MR) is 430 cm³/mol. The molecule has 2 heterocycles. The lowest BCUT2D eigenvalue weighted by atomic mass is 9.95. The molecule has 0 atom stereocenters. The Bertz CT molecular complexity index is 3050. The number of Topliss-reactive ketones (excluding diaryl/α,β-unsaturated/α-hetero) is 1. The maximum absolute atomic E-state index is 11.5. The number of carbonyl (C=O) groups is 6. The summed E-state index contributed by atoms with van der Waals surface area (Å²) in [5.74, 6) is 5.03. The molecule has 0 saturated carbocycles. The lowest BCUT2D eigenvalue weighted by molar-refractivity contribution is -0.138. The zero-order valence-electron chi connectivity index (χ0n) is 67.8. The molecule has 5 aliphatic rings. The maximum atomic E-state index is 11.5. The largest absolute Gasteiger partial charge is 0.424 e. The number of hydrogen-bond donors (Lipinski definition) is 0. The van der Waals surface area contributed by atoms with Crippen molar-refractivity contribution in [2.24, 2.45) is 46.5 Å². The van der Waals surface area contributed by atoms with E-state index in [-0.39, 0.29) is 23.4 Å². The third kappa shape index (κ3) is 42.9. The highest BCUT2D eigenvalue weighted by Crippen LogP contribution is 2.23. The van der Waals surface area contributed by atoms with Crippen LogP contribution in [0.2, 0.25) is 0 Å². The monoisotopic (exact) mass is 1360 g/mol. The lowest BCUT2D eigenvalue weighted by Gasteiger charge is -2.16. The number of hydrogen-bond acceptors (Lipinski definition) is 9. The quantitative estimate of drug-likeness (QED) is 0.0901. The van der Waals surface area contributed by atoms with E-state index in [0.717, 1.165) is 54.5 Å². The first-order valence-corrected chi connectivity index (χ1v) is 37.3. The van der Waals surface area contributed by atoms with Crippen molar-refractivity contribution in [1.82, 2.24) is 9.91 Å². The van der Waals surface area contributed by atoms with Gasteiger partial charge in [0.15, 0.2) is 11.6 Å². The van der Waals surface area contributed by atoms with Gasteiger partial charge in [0, 0.05) is 47.8 Å². The third-order valence-corrected chi connectivity index (χ3v) is 14.6. The summed E-state index contributed by atoms with van der Waals surface area (Å²) in [7, 11) is 0. The number of ether oxygens (including phenoxy) is 1. The Morgan fingerprint density at radius 3 is 1.25 bits per heavy atom. The Morgan fingerprint density at radius 1 is 0.455 bits per heavy atom. The Hall–Kier alpha value is -7.59. The molecule has 3 aliphatic carbocycles. The van der Waals surface area contributed by atoms with Gasteiger partial charge in [-0.05, 0) is 146 Å². The van der Waals surface area contributed by atoms with Gasteiger partial charge >= 0.3 is 0 Å². The minimum atomic E-state index is -0.436. The van der Waals surface area contributed by atoms with E-state index in [1.165, 1.54) is 83.9 Å². The van der Waals surface area contributed by atoms with Crippen molar-refractivity contribution in [1.29, 1.82) is 0 Å². The SMILES string of the molecule is C=C1OC(C)=NN1CC(C)C.CC.CC.CC.CC.CC(C)CC1=CC=CC1.CC(C)Cc1ccccc1.CC1=C(C)C(=O)N(CC(C)C)C1=O.CCC(C)C.CCC(C)C.CCc1ccc(CC(C)C)cc1CC.O=C1C=CC(=O)c2ccccc21.O=C1C=Cc2ccccc2C1=O. The molecule has 10 nitrogen and oxygen atoms in total. The first kappa shape index (κ1) is 97.8. The van der Waals surface area contributed by atoms with Gasteiger partial charge in [-0.25, -0.2) is 5.01 Å². The van der Waals surface area contributed by atoms with E-state index in [9.17, 15) is 28.8 Å². The van der Waals surface area contributed by atoms with Gasteiger partial charge in [0.25, 0.3) is 11.8 Å². The van der Waals surface area contributed by atoms with Gasteiger partial charge in [-0.2, -0.15) is 0 Å². The fourth-order valence-corrected chi connectivity index (χ4v) is 8.98. The normalized spacial score (nSPS) is 13.2. The van der Waals surface area contributed by atoms with E-state index >= 15 is 0 Å². The molecule has 0 fully saturated rings. The Labute approximate surface area is 606 Å². The first-order valence-electron chi connectivity index (χ1n) is 37.3. The summed E-state index contributed by atoms with van der Waals surface area (Å²) in [5.41, 5.74) is 11.1. The number of hydrazone groups is 1. The van der Waals surface area contributed by atoms with Crippen LogP contribution in [0.4, 0.5) is 0 Å². The van der Waals surface area contributed by atoms with Crippen molar-refractivity contribution in [3.8, 4) is 0 Å². The number of ketones is 4. The summed E-state index contributed by atoms with van der Waals surface area (Å²) in [6.07, 6.45) is 22.0. The molecule has 0 spiro atoms. The number of rotatable bonds is 14. The van der Waals surface area contributed by atoms with Crippen LogP contribution in [0.1, 0.15) is 285 Å². The highest BCUT2D eigenvalue weighted by atomic mass is 16.5. The van der Waals surface area contributed by atoms with Gasteiger partial charge in [-0.1, -0.05) is 320 Å². The number of carbonyl (C=O) groups excluding carboxylic acids is 6. The van der Waals surface area contributed by atoms with Gasteiger partial charge in [-0.15, -0.1) is 5.10 Å². The zero-order valence-corrected chi connectivity index (χ0v) is 67.8. The second kappa shape index (κ2) is 58.2. The Balaban J connectivity index is -0.000000512. The molecule has 552 valence electrons. The summed E-state index contributed by atoms with van der Waals surface area (Å²) in [6.45, 7) is 65.9. The van der Waals surface area contributed by atoms with Gasteiger partial charge in [0.05, 0.1) is 0 Å². The summed E-state index contributed by atoms with van der Waals surface area (Å²) < 4.78 is 5.16. The van der Waals surface area contributed by atoms with Gasteiger partial charge in [0.1, 0.15) is 0 Å². The molecular formula is C89H139N3O7. The van der Waals surface area contributed by atoms with Crippen LogP contribution in [-0.4, -0.2) is 63.8 Å². The van der Waals surface area contributed by atoms with E-state index in [4.69, 9.17) is 4.74 Å². The van der Waals surface area contributed by atoms with Crippen molar-refractivity contribution in [3.63, 3.8) is 0 Å². The van der Waals surface area contributed by atoms with E-state index in [2.05, 4.69) is 189 Å². The number of nitrogens with zero attached hydrogens (tertiary/aromatic N) is 3. The van der Waals surface area contributed by atoms with Crippen LogP contribution in [0, 0.1) is 41.4 Å². The highest BCUT2D eigenvalue weighted by molar-refractivity contribution is 6.50. The van der Waals surface area contributed by atoms with Gasteiger partial charge in [0.2, 0.25) is 23.3 Å². The van der Waals surface area contributed by atoms with E-state index in [1.54, 1.807) is 66.9 Å². The average Bonchev–Trinajstić information content (AvgIpc) is 1.80. The molecule has 0 N–H and O–H groups in total. The minimum absolute atomic E-state index is 0.0924. The molecule has 4 aromatic rings. The van der Waals surface area contributed by atoms with Crippen LogP contribution in [0.5, 0.6) is 0 Å². The summed E-state index contributed by atoms with van der Waals surface area (Å²) >= 11 is 0. The fourth-order valence-electron chi connectivity index (χ4n) is 8.98. The molecular weight excluding hydrogens is 1220 g/mol. The third-order valence-electron chi connectivity index (χ3n) is 14.6. The first-order chi connectivity index (χ1) is 46.9. The van der Waals surface area contributed by atoms with Crippen molar-refractivity contribution in [2.75, 3.05) is 13.1 Å². The number of fused-ring (bicyclic) bond motifs is 2. The Kier molecular flexibility index (Phi) is 57.5. The van der Waals surface area contributed by atoms with E-state index < -0.39 is 11.6 Å². The van der Waals surface area contributed by atoms with Crippen molar-refractivity contribution in [3.05, 3.63) is 207 Å². The molecule has 2 amide bonds. The van der Waals surface area contributed by atoms with Crippen LogP contribution >= 0.6 is 0 Å². The van der Waals surface area contributed by atoms with Crippen molar-refractivity contribution < 1.29 is 33.5 Å². The molecule has 0 aromatic heterocycles. The fraction of sp³-hybridized carbons (Fsp3) is 0.517. The summed E-state index contributed by atoms with van der Waals surface area (Å²) in [5, 5.41) is 5.93. The van der Waals surface area contributed by atoms with E-state index in [0.29, 0.717) is 58.0 Å². The summed E-state index contributed by atoms with van der Waals surface area (Å²) in [6, 6.07) is 31.5. The highest BCUT2D eigenvalue weighted by Gasteiger charge is 2.33. The average molecular weight is 1360 g/mol. The maximum Gasteiger partial charge on any atom is 0.256 e. The number of imide groups is 1. The topological polar surface area (TPSA) is 130 Å². The molecule has 0 radical (unpaired) electrons. The smallest absolute Gasteiger partial charge is 0.256 e. The number of aryl methyl sites for hydroxylation is 2. The zero-order chi connectivity index (χ0) is 76.9. The van der Waals surface area contributed by atoms with Gasteiger partial charge < -0.3 is 4.74 Å². The van der Waals surface area contributed by atoms with Crippen molar-refractivity contribution >= 4 is 46.9 Å². The lowest BCUT2D eigenvalue weighted by Crippen LogP contribution is -2.34. The molecule has 10 heteroatoms. The molecule has 9 rings (SSSR count). The van der Waals surface area contributed by atoms with Crippen molar-refractivity contribution in [2.45, 2.75) is 252 Å². The number of amides is 2. The van der Waals surface area contributed by atoms with Crippen LogP contribution in [0.3, 0.4) is 0 Å². The second-order valence-electron chi connectivity index (χ2n) is 26.3. The Morgan fingerprint density at radius 2 is 0.869 bits per heavy atom.